The highest BCUT2D eigenvalue weighted by Crippen LogP contribution is 2.21. The molecule has 0 radical (unpaired) electrons. The van der Waals surface area contributed by atoms with Gasteiger partial charge in [0.25, 0.3) is 0 Å². The lowest BCUT2D eigenvalue weighted by molar-refractivity contribution is -0.166. The maximum atomic E-state index is 12.5. The second kappa shape index (κ2) is 7.61. The summed E-state index contributed by atoms with van der Waals surface area (Å²) in [4.78, 5) is 12.8. The summed E-state index contributed by atoms with van der Waals surface area (Å²) in [5, 5.41) is 0. The van der Waals surface area contributed by atoms with Gasteiger partial charge in [-0.15, -0.1) is 0 Å². The van der Waals surface area contributed by atoms with E-state index in [0.717, 1.165) is 4.90 Å². The standard InChI is InChI=1S/C12H23F3N2O/c1-4-9(16)7-11(18)17(8-12(13,14)15)10(5-2)6-3/h9-10H,4-8,16H2,1-3H3. The third kappa shape index (κ3) is 6.23. The number of hydrogen-bond donors (Lipinski definition) is 1. The maximum Gasteiger partial charge on any atom is 0.406 e. The second-order valence-electron chi connectivity index (χ2n) is 4.48. The highest BCUT2D eigenvalue weighted by molar-refractivity contribution is 5.77. The summed E-state index contributed by atoms with van der Waals surface area (Å²) in [5.74, 6) is -0.504. The molecule has 0 saturated heterocycles. The van der Waals surface area contributed by atoms with E-state index in [1.807, 2.05) is 6.92 Å². The van der Waals surface area contributed by atoms with Gasteiger partial charge >= 0.3 is 6.18 Å². The number of hydrogen-bond acceptors (Lipinski definition) is 2. The molecule has 0 bridgehead atoms. The minimum absolute atomic E-state index is 0.0247. The molecule has 0 rings (SSSR count). The Hall–Kier alpha value is -0.780. The van der Waals surface area contributed by atoms with E-state index in [1.165, 1.54) is 0 Å². The molecule has 0 spiro atoms. The first kappa shape index (κ1) is 17.2. The van der Waals surface area contributed by atoms with Crippen molar-refractivity contribution in [3.63, 3.8) is 0 Å². The minimum atomic E-state index is -4.37. The second-order valence-corrected chi connectivity index (χ2v) is 4.48. The predicted molar refractivity (Wildman–Crippen MR) is 65.0 cm³/mol. The van der Waals surface area contributed by atoms with Crippen LogP contribution >= 0.6 is 0 Å². The number of alkyl halides is 3. The fraction of sp³-hybridized carbons (Fsp3) is 0.917. The van der Waals surface area contributed by atoms with Crippen LogP contribution in [0.2, 0.25) is 0 Å². The Morgan fingerprint density at radius 3 is 2.00 bits per heavy atom. The molecule has 3 nitrogen and oxygen atoms in total. The lowest BCUT2D eigenvalue weighted by Gasteiger charge is -2.32. The van der Waals surface area contributed by atoms with Gasteiger partial charge in [0.1, 0.15) is 6.54 Å². The van der Waals surface area contributed by atoms with Crippen LogP contribution in [-0.4, -0.2) is 35.6 Å². The van der Waals surface area contributed by atoms with Crippen molar-refractivity contribution in [1.29, 1.82) is 0 Å². The summed E-state index contributed by atoms with van der Waals surface area (Å²) < 4.78 is 37.5. The van der Waals surface area contributed by atoms with Crippen molar-refractivity contribution in [2.45, 2.75) is 64.7 Å². The lowest BCUT2D eigenvalue weighted by Crippen LogP contribution is -2.46. The van der Waals surface area contributed by atoms with Gasteiger partial charge in [0, 0.05) is 18.5 Å². The smallest absolute Gasteiger partial charge is 0.331 e. The van der Waals surface area contributed by atoms with Gasteiger partial charge in [-0.1, -0.05) is 20.8 Å². The zero-order chi connectivity index (χ0) is 14.3. The molecule has 2 N–H and O–H groups in total. The van der Waals surface area contributed by atoms with Crippen LogP contribution in [0.1, 0.15) is 46.5 Å². The third-order valence-electron chi connectivity index (χ3n) is 3.01. The van der Waals surface area contributed by atoms with Gasteiger partial charge in [-0.05, 0) is 19.3 Å². The zero-order valence-corrected chi connectivity index (χ0v) is 11.3. The van der Waals surface area contributed by atoms with Crippen LogP contribution in [-0.2, 0) is 4.79 Å². The molecular formula is C12H23F3N2O. The number of rotatable bonds is 7. The Bertz CT molecular complexity index is 252. The minimum Gasteiger partial charge on any atom is -0.331 e. The highest BCUT2D eigenvalue weighted by atomic mass is 19.4. The zero-order valence-electron chi connectivity index (χ0n) is 11.3. The molecule has 0 fully saturated rings. The molecule has 0 aliphatic heterocycles. The van der Waals surface area contributed by atoms with Crippen LogP contribution in [0, 0.1) is 0 Å². The fourth-order valence-electron chi connectivity index (χ4n) is 1.83. The van der Waals surface area contributed by atoms with Crippen LogP contribution in [0.25, 0.3) is 0 Å². The van der Waals surface area contributed by atoms with E-state index in [0.29, 0.717) is 19.3 Å². The average Bonchev–Trinajstić information content (AvgIpc) is 2.27. The number of carbonyl (C=O) groups is 1. The van der Waals surface area contributed by atoms with Gasteiger partial charge in [0.2, 0.25) is 5.91 Å². The van der Waals surface area contributed by atoms with Crippen LogP contribution in [0.15, 0.2) is 0 Å². The van der Waals surface area contributed by atoms with Gasteiger partial charge < -0.3 is 10.6 Å². The van der Waals surface area contributed by atoms with E-state index in [2.05, 4.69) is 0 Å². The number of amides is 1. The van der Waals surface area contributed by atoms with Crippen molar-refractivity contribution in [1.82, 2.24) is 4.90 Å². The Morgan fingerprint density at radius 2 is 1.67 bits per heavy atom. The summed E-state index contributed by atoms with van der Waals surface area (Å²) in [6, 6.07) is -0.745. The molecule has 18 heavy (non-hydrogen) atoms. The summed E-state index contributed by atoms with van der Waals surface area (Å²) in [6.45, 7) is 4.19. The normalized spacial score (nSPS) is 13.8. The molecule has 0 aromatic rings. The SMILES string of the molecule is CCC(N)CC(=O)N(CC(F)(F)F)C(CC)CC. The molecule has 0 heterocycles. The first-order valence-electron chi connectivity index (χ1n) is 6.36. The van der Waals surface area contributed by atoms with E-state index in [-0.39, 0.29) is 18.5 Å². The lowest BCUT2D eigenvalue weighted by atomic mass is 10.1. The Kier molecular flexibility index (Phi) is 7.28. The van der Waals surface area contributed by atoms with Crippen LogP contribution < -0.4 is 5.73 Å². The van der Waals surface area contributed by atoms with E-state index < -0.39 is 18.6 Å². The van der Waals surface area contributed by atoms with E-state index >= 15 is 0 Å². The Balaban J connectivity index is 4.79. The summed E-state index contributed by atoms with van der Waals surface area (Å²) in [5.41, 5.74) is 5.63. The fourth-order valence-corrected chi connectivity index (χ4v) is 1.83. The number of nitrogens with zero attached hydrogens (tertiary/aromatic N) is 1. The summed E-state index contributed by atoms with van der Waals surface area (Å²) >= 11 is 0. The quantitative estimate of drug-likeness (QED) is 0.771. The van der Waals surface area contributed by atoms with Crippen molar-refractivity contribution in [2.24, 2.45) is 5.73 Å². The molecule has 0 saturated carbocycles. The van der Waals surface area contributed by atoms with Crippen molar-refractivity contribution in [3.8, 4) is 0 Å². The van der Waals surface area contributed by atoms with Crippen molar-refractivity contribution >= 4 is 5.91 Å². The number of nitrogens with two attached hydrogens (primary N) is 1. The Labute approximate surface area is 107 Å². The molecule has 1 atom stereocenters. The predicted octanol–water partition coefficient (Wildman–Crippen LogP) is 2.69. The molecule has 1 amide bonds. The number of halogens is 3. The monoisotopic (exact) mass is 268 g/mol. The van der Waals surface area contributed by atoms with Crippen LogP contribution in [0.4, 0.5) is 13.2 Å². The van der Waals surface area contributed by atoms with E-state index in [4.69, 9.17) is 5.73 Å². The molecule has 0 aliphatic rings. The maximum absolute atomic E-state index is 12.5. The summed E-state index contributed by atoms with van der Waals surface area (Å²) in [7, 11) is 0. The van der Waals surface area contributed by atoms with Gasteiger partial charge in [0.15, 0.2) is 0 Å². The van der Waals surface area contributed by atoms with E-state index in [1.54, 1.807) is 13.8 Å². The van der Waals surface area contributed by atoms with Gasteiger partial charge in [-0.3, -0.25) is 4.79 Å². The largest absolute Gasteiger partial charge is 0.406 e. The molecule has 6 heteroatoms. The molecular weight excluding hydrogens is 245 g/mol. The van der Waals surface area contributed by atoms with Crippen molar-refractivity contribution in [3.05, 3.63) is 0 Å². The van der Waals surface area contributed by atoms with Crippen molar-refractivity contribution in [2.75, 3.05) is 6.54 Å². The molecule has 0 aromatic heterocycles. The topological polar surface area (TPSA) is 46.3 Å². The molecule has 0 aliphatic carbocycles. The van der Waals surface area contributed by atoms with Crippen LogP contribution in [0.3, 0.4) is 0 Å². The molecule has 0 aromatic carbocycles. The van der Waals surface area contributed by atoms with Crippen molar-refractivity contribution < 1.29 is 18.0 Å². The van der Waals surface area contributed by atoms with Crippen LogP contribution in [0.5, 0.6) is 0 Å². The van der Waals surface area contributed by atoms with E-state index in [9.17, 15) is 18.0 Å². The van der Waals surface area contributed by atoms with Gasteiger partial charge in [0.05, 0.1) is 0 Å². The first-order chi connectivity index (χ1) is 8.25. The number of carbonyl (C=O) groups excluding carboxylic acids is 1. The van der Waals surface area contributed by atoms with Gasteiger partial charge in [-0.25, -0.2) is 0 Å². The first-order valence-corrected chi connectivity index (χ1v) is 6.36. The third-order valence-corrected chi connectivity index (χ3v) is 3.01. The molecule has 1 unspecified atom stereocenters. The summed E-state index contributed by atoms with van der Waals surface area (Å²) in [6.07, 6.45) is -2.79. The molecule has 108 valence electrons. The Morgan fingerprint density at radius 1 is 1.17 bits per heavy atom. The van der Waals surface area contributed by atoms with Gasteiger partial charge in [-0.2, -0.15) is 13.2 Å². The highest BCUT2D eigenvalue weighted by Gasteiger charge is 2.35. The average molecular weight is 268 g/mol.